The van der Waals surface area contributed by atoms with Gasteiger partial charge in [-0.1, -0.05) is 12.2 Å². The smallest absolute Gasteiger partial charge is 0.140 e. The van der Waals surface area contributed by atoms with E-state index in [0.717, 1.165) is 12.8 Å². The SMILES string of the molecule is C=CC1C2CCC(C2=O)C1C=C. The molecule has 0 aromatic heterocycles. The highest BCUT2D eigenvalue weighted by Gasteiger charge is 2.51. The lowest BCUT2D eigenvalue weighted by atomic mass is 9.79. The first-order valence-electron chi connectivity index (χ1n) is 4.58. The molecule has 2 rings (SSSR count). The summed E-state index contributed by atoms with van der Waals surface area (Å²) in [4.78, 5) is 11.6. The maximum absolute atomic E-state index is 11.6. The summed E-state index contributed by atoms with van der Waals surface area (Å²) in [6, 6.07) is 0. The molecule has 0 heterocycles. The highest BCUT2D eigenvalue weighted by Crippen LogP contribution is 2.50. The maximum Gasteiger partial charge on any atom is 0.140 e. The first-order valence-corrected chi connectivity index (χ1v) is 4.58. The van der Waals surface area contributed by atoms with Crippen molar-refractivity contribution < 1.29 is 4.79 Å². The third kappa shape index (κ3) is 0.767. The number of carbonyl (C=O) groups is 1. The van der Waals surface area contributed by atoms with Crippen molar-refractivity contribution in [2.24, 2.45) is 23.7 Å². The zero-order chi connectivity index (χ0) is 8.72. The minimum Gasteiger partial charge on any atom is -0.299 e. The Morgan fingerprint density at radius 3 is 1.83 bits per heavy atom. The monoisotopic (exact) mass is 162 g/mol. The van der Waals surface area contributed by atoms with Crippen LogP contribution < -0.4 is 0 Å². The van der Waals surface area contributed by atoms with Gasteiger partial charge < -0.3 is 0 Å². The van der Waals surface area contributed by atoms with Crippen LogP contribution in [-0.2, 0) is 4.79 Å². The molecular formula is C11H14O. The van der Waals surface area contributed by atoms with Crippen LogP contribution in [0.3, 0.4) is 0 Å². The standard InChI is InChI=1S/C11H14O/c1-3-7-8(4-2)10-6-5-9(7)11(10)12/h3-4,7-10H,1-2,5-6H2. The largest absolute Gasteiger partial charge is 0.299 e. The predicted octanol–water partition coefficient (Wildman–Crippen LogP) is 2.20. The number of carbonyl (C=O) groups excluding carboxylic acids is 1. The summed E-state index contributed by atoms with van der Waals surface area (Å²) >= 11 is 0. The molecule has 2 saturated carbocycles. The van der Waals surface area contributed by atoms with Crippen molar-refractivity contribution in [3.05, 3.63) is 25.3 Å². The first kappa shape index (κ1) is 7.78. The molecule has 0 aromatic carbocycles. The summed E-state index contributed by atoms with van der Waals surface area (Å²) in [6.07, 6.45) is 6.02. The third-order valence-corrected chi connectivity index (χ3v) is 3.44. The lowest BCUT2D eigenvalue weighted by Gasteiger charge is -2.23. The molecule has 0 aliphatic heterocycles. The van der Waals surface area contributed by atoms with Crippen molar-refractivity contribution in [3.63, 3.8) is 0 Å². The highest BCUT2D eigenvalue weighted by molar-refractivity contribution is 5.89. The van der Waals surface area contributed by atoms with E-state index in [4.69, 9.17) is 0 Å². The molecule has 0 saturated heterocycles. The Morgan fingerprint density at radius 2 is 1.50 bits per heavy atom. The van der Waals surface area contributed by atoms with Gasteiger partial charge >= 0.3 is 0 Å². The zero-order valence-electron chi connectivity index (χ0n) is 7.20. The van der Waals surface area contributed by atoms with Crippen molar-refractivity contribution in [1.82, 2.24) is 0 Å². The molecule has 4 unspecified atom stereocenters. The van der Waals surface area contributed by atoms with Gasteiger partial charge in [0.2, 0.25) is 0 Å². The number of hydrogen-bond donors (Lipinski definition) is 0. The molecule has 4 atom stereocenters. The molecule has 0 N–H and O–H groups in total. The molecule has 0 aromatic rings. The van der Waals surface area contributed by atoms with Gasteiger partial charge in [0, 0.05) is 11.8 Å². The fraction of sp³-hybridized carbons (Fsp3) is 0.545. The van der Waals surface area contributed by atoms with Crippen molar-refractivity contribution in [1.29, 1.82) is 0 Å². The summed E-state index contributed by atoms with van der Waals surface area (Å²) in [5.41, 5.74) is 0. The Hall–Kier alpha value is -0.850. The fourth-order valence-corrected chi connectivity index (χ4v) is 2.86. The number of allylic oxidation sites excluding steroid dienone is 2. The molecule has 1 nitrogen and oxygen atoms in total. The van der Waals surface area contributed by atoms with Gasteiger partial charge in [0.15, 0.2) is 0 Å². The van der Waals surface area contributed by atoms with Crippen LogP contribution in [0.4, 0.5) is 0 Å². The Balaban J connectivity index is 2.32. The fourth-order valence-electron chi connectivity index (χ4n) is 2.86. The van der Waals surface area contributed by atoms with E-state index in [0.29, 0.717) is 17.6 Å². The molecule has 64 valence electrons. The molecule has 2 fully saturated rings. The maximum atomic E-state index is 11.6. The Labute approximate surface area is 73.2 Å². The van der Waals surface area contributed by atoms with Gasteiger partial charge in [-0.15, -0.1) is 13.2 Å². The second-order valence-corrected chi connectivity index (χ2v) is 3.82. The molecule has 0 spiro atoms. The zero-order valence-corrected chi connectivity index (χ0v) is 7.20. The van der Waals surface area contributed by atoms with E-state index in [1.807, 2.05) is 12.2 Å². The Bertz CT molecular complexity index is 217. The molecule has 0 radical (unpaired) electrons. The van der Waals surface area contributed by atoms with E-state index in [1.54, 1.807) is 0 Å². The summed E-state index contributed by atoms with van der Waals surface area (Å²) in [7, 11) is 0. The molecule has 12 heavy (non-hydrogen) atoms. The Morgan fingerprint density at radius 1 is 1.08 bits per heavy atom. The van der Waals surface area contributed by atoms with Crippen LogP contribution in [0.1, 0.15) is 12.8 Å². The molecule has 2 aliphatic rings. The van der Waals surface area contributed by atoms with E-state index in [9.17, 15) is 4.79 Å². The predicted molar refractivity (Wildman–Crippen MR) is 48.6 cm³/mol. The molecule has 1 heteroatoms. The summed E-state index contributed by atoms with van der Waals surface area (Å²) in [6.45, 7) is 7.59. The van der Waals surface area contributed by atoms with Crippen LogP contribution in [0.15, 0.2) is 25.3 Å². The van der Waals surface area contributed by atoms with E-state index >= 15 is 0 Å². The van der Waals surface area contributed by atoms with Crippen LogP contribution in [0.5, 0.6) is 0 Å². The van der Waals surface area contributed by atoms with Gasteiger partial charge in [0.05, 0.1) is 0 Å². The first-order chi connectivity index (χ1) is 5.79. The van der Waals surface area contributed by atoms with Crippen LogP contribution in [0.2, 0.25) is 0 Å². The molecule has 0 amide bonds. The van der Waals surface area contributed by atoms with E-state index in [2.05, 4.69) is 13.2 Å². The van der Waals surface area contributed by atoms with Gasteiger partial charge in [-0.2, -0.15) is 0 Å². The Kier molecular flexibility index (Phi) is 1.67. The quantitative estimate of drug-likeness (QED) is 0.569. The molecular weight excluding hydrogens is 148 g/mol. The average Bonchev–Trinajstić information content (AvgIpc) is 2.58. The summed E-state index contributed by atoms with van der Waals surface area (Å²) in [5.74, 6) is 1.78. The topological polar surface area (TPSA) is 17.1 Å². The van der Waals surface area contributed by atoms with E-state index in [1.165, 1.54) is 0 Å². The minimum absolute atomic E-state index is 0.274. The van der Waals surface area contributed by atoms with Crippen molar-refractivity contribution in [2.75, 3.05) is 0 Å². The lowest BCUT2D eigenvalue weighted by Crippen LogP contribution is -2.18. The van der Waals surface area contributed by atoms with Gasteiger partial charge in [0.1, 0.15) is 5.78 Å². The second kappa shape index (κ2) is 2.58. The van der Waals surface area contributed by atoms with Gasteiger partial charge in [0.25, 0.3) is 0 Å². The number of ketones is 1. The van der Waals surface area contributed by atoms with E-state index < -0.39 is 0 Å². The van der Waals surface area contributed by atoms with Crippen molar-refractivity contribution >= 4 is 5.78 Å². The number of hydrogen-bond acceptors (Lipinski definition) is 1. The van der Waals surface area contributed by atoms with E-state index in [-0.39, 0.29) is 11.8 Å². The van der Waals surface area contributed by atoms with Crippen LogP contribution in [-0.4, -0.2) is 5.78 Å². The number of Topliss-reactive ketones (excluding diaryl/α,β-unsaturated/α-hetero) is 1. The summed E-state index contributed by atoms with van der Waals surface area (Å²) < 4.78 is 0. The minimum atomic E-state index is 0.274. The van der Waals surface area contributed by atoms with Gasteiger partial charge in [-0.05, 0) is 24.7 Å². The van der Waals surface area contributed by atoms with Crippen LogP contribution >= 0.6 is 0 Å². The molecule has 2 bridgehead atoms. The number of rotatable bonds is 2. The van der Waals surface area contributed by atoms with Crippen molar-refractivity contribution in [2.45, 2.75) is 12.8 Å². The van der Waals surface area contributed by atoms with Crippen LogP contribution in [0.25, 0.3) is 0 Å². The lowest BCUT2D eigenvalue weighted by molar-refractivity contribution is -0.121. The summed E-state index contributed by atoms with van der Waals surface area (Å²) in [5, 5.41) is 0. The van der Waals surface area contributed by atoms with Crippen molar-refractivity contribution in [3.8, 4) is 0 Å². The van der Waals surface area contributed by atoms with Crippen LogP contribution in [0, 0.1) is 23.7 Å². The van der Waals surface area contributed by atoms with Gasteiger partial charge in [-0.25, -0.2) is 0 Å². The average molecular weight is 162 g/mol. The highest BCUT2D eigenvalue weighted by atomic mass is 16.1. The second-order valence-electron chi connectivity index (χ2n) is 3.82. The third-order valence-electron chi connectivity index (χ3n) is 3.44. The van der Waals surface area contributed by atoms with Gasteiger partial charge in [-0.3, -0.25) is 4.79 Å². The number of fused-ring (bicyclic) bond motifs is 2. The normalized spacial score (nSPS) is 44.8. The molecule has 2 aliphatic carbocycles.